The number of hydrogen-bond acceptors (Lipinski definition) is 0. The standard InChI is InChI=1S/C6H12B2/c1-5(2)4-6(3,7)8/h5H,4H2,1-3H3. The van der Waals surface area contributed by atoms with Crippen LogP contribution in [0.5, 0.6) is 0 Å². The average molecular weight is 106 g/mol. The van der Waals surface area contributed by atoms with Crippen molar-refractivity contribution in [2.75, 3.05) is 0 Å². The summed E-state index contributed by atoms with van der Waals surface area (Å²) < 4.78 is 0. The van der Waals surface area contributed by atoms with E-state index in [0.717, 1.165) is 6.42 Å². The second-order valence-corrected chi connectivity index (χ2v) is 3.10. The SMILES string of the molecule is [B]C([B])(C)CC(C)C. The van der Waals surface area contributed by atoms with Gasteiger partial charge in [-0.2, -0.15) is 0 Å². The van der Waals surface area contributed by atoms with E-state index in [1.807, 2.05) is 6.92 Å². The zero-order chi connectivity index (χ0) is 6.78. The van der Waals surface area contributed by atoms with Gasteiger partial charge >= 0.3 is 0 Å². The maximum Gasteiger partial charge on any atom is 0.0617 e. The molecule has 2 heteroatoms. The van der Waals surface area contributed by atoms with E-state index in [1.165, 1.54) is 0 Å². The highest BCUT2D eigenvalue weighted by molar-refractivity contribution is 6.39. The molecular formula is C6H12B2. The maximum absolute atomic E-state index is 5.51. The second-order valence-electron chi connectivity index (χ2n) is 3.10. The van der Waals surface area contributed by atoms with E-state index >= 15 is 0 Å². The first-order chi connectivity index (χ1) is 3.42. The molecule has 0 aromatic heterocycles. The molecule has 0 aliphatic carbocycles. The summed E-state index contributed by atoms with van der Waals surface area (Å²) in [5.74, 6) is 0.593. The van der Waals surface area contributed by atoms with Crippen molar-refractivity contribution in [3.05, 3.63) is 0 Å². The lowest BCUT2D eigenvalue weighted by Crippen LogP contribution is -2.10. The first-order valence-corrected chi connectivity index (χ1v) is 2.99. The minimum absolute atomic E-state index is 0.478. The van der Waals surface area contributed by atoms with Gasteiger partial charge in [0.25, 0.3) is 0 Å². The molecule has 0 spiro atoms. The Morgan fingerprint density at radius 2 is 1.75 bits per heavy atom. The van der Waals surface area contributed by atoms with Crippen LogP contribution in [0.1, 0.15) is 27.2 Å². The molecule has 0 rings (SSSR count). The molecule has 8 heavy (non-hydrogen) atoms. The Balaban J connectivity index is 3.39. The predicted molar refractivity (Wildman–Crippen MR) is 39.3 cm³/mol. The molecule has 0 N–H and O–H groups in total. The molecule has 0 aliphatic heterocycles. The molecular weight excluding hydrogens is 93.7 g/mol. The molecule has 0 amide bonds. The predicted octanol–water partition coefficient (Wildman–Crippen LogP) is 1.51. The lowest BCUT2D eigenvalue weighted by atomic mass is 9.53. The van der Waals surface area contributed by atoms with E-state index in [-0.39, 0.29) is 0 Å². The largest absolute Gasteiger partial charge is 0.101 e. The quantitative estimate of drug-likeness (QED) is 0.467. The monoisotopic (exact) mass is 106 g/mol. The number of hydrogen-bond donors (Lipinski definition) is 0. The van der Waals surface area contributed by atoms with Gasteiger partial charge in [0.15, 0.2) is 0 Å². The van der Waals surface area contributed by atoms with Crippen LogP contribution in [-0.4, -0.2) is 15.7 Å². The lowest BCUT2D eigenvalue weighted by molar-refractivity contribution is 0.548. The van der Waals surface area contributed by atoms with Crippen molar-refractivity contribution >= 4 is 15.7 Å². The zero-order valence-electron chi connectivity index (χ0n) is 5.94. The van der Waals surface area contributed by atoms with Crippen LogP contribution >= 0.6 is 0 Å². The molecule has 42 valence electrons. The van der Waals surface area contributed by atoms with Gasteiger partial charge in [-0.25, -0.2) is 0 Å². The van der Waals surface area contributed by atoms with Crippen molar-refractivity contribution in [3.8, 4) is 0 Å². The van der Waals surface area contributed by atoms with Gasteiger partial charge in [0.2, 0.25) is 0 Å². The van der Waals surface area contributed by atoms with Crippen LogP contribution in [0.3, 0.4) is 0 Å². The van der Waals surface area contributed by atoms with Gasteiger partial charge in [0.05, 0.1) is 15.7 Å². The Kier molecular flexibility index (Phi) is 2.65. The molecule has 0 aromatic carbocycles. The van der Waals surface area contributed by atoms with Crippen LogP contribution in [0.4, 0.5) is 0 Å². The highest BCUT2D eigenvalue weighted by atomic mass is 14.0. The smallest absolute Gasteiger partial charge is 0.0617 e. The molecule has 0 unspecified atom stereocenters. The van der Waals surface area contributed by atoms with Gasteiger partial charge in [-0.3, -0.25) is 0 Å². The van der Waals surface area contributed by atoms with Crippen molar-refractivity contribution in [1.29, 1.82) is 0 Å². The highest BCUT2D eigenvalue weighted by Gasteiger charge is 2.10. The summed E-state index contributed by atoms with van der Waals surface area (Å²) in [6.45, 7) is 6.06. The summed E-state index contributed by atoms with van der Waals surface area (Å²) in [6, 6.07) is 0. The third-order valence-electron chi connectivity index (χ3n) is 0.848. The van der Waals surface area contributed by atoms with Gasteiger partial charge in [0.1, 0.15) is 0 Å². The summed E-state index contributed by atoms with van der Waals surface area (Å²) in [5.41, 5.74) is 0. The Morgan fingerprint density at radius 3 is 1.75 bits per heavy atom. The molecule has 0 aromatic rings. The first-order valence-electron chi connectivity index (χ1n) is 2.99. The van der Waals surface area contributed by atoms with E-state index in [9.17, 15) is 0 Å². The van der Waals surface area contributed by atoms with Gasteiger partial charge in [-0.1, -0.05) is 27.2 Å². The average Bonchev–Trinajstić information content (AvgIpc) is 1.21. The van der Waals surface area contributed by atoms with Crippen molar-refractivity contribution in [2.45, 2.75) is 32.4 Å². The first kappa shape index (κ1) is 8.13. The van der Waals surface area contributed by atoms with Gasteiger partial charge in [-0.15, -0.1) is 5.21 Å². The van der Waals surface area contributed by atoms with Gasteiger partial charge < -0.3 is 0 Å². The van der Waals surface area contributed by atoms with E-state index in [2.05, 4.69) is 13.8 Å². The van der Waals surface area contributed by atoms with Crippen LogP contribution < -0.4 is 0 Å². The Morgan fingerprint density at radius 1 is 1.38 bits per heavy atom. The van der Waals surface area contributed by atoms with Crippen LogP contribution in [-0.2, 0) is 0 Å². The van der Waals surface area contributed by atoms with Crippen molar-refractivity contribution < 1.29 is 0 Å². The topological polar surface area (TPSA) is 0 Å². The van der Waals surface area contributed by atoms with E-state index in [0.29, 0.717) is 5.92 Å². The third-order valence-corrected chi connectivity index (χ3v) is 0.848. The molecule has 4 radical (unpaired) electrons. The summed E-state index contributed by atoms with van der Waals surface area (Å²) in [4.78, 5) is 0. The minimum atomic E-state index is -0.478. The van der Waals surface area contributed by atoms with Crippen molar-refractivity contribution in [2.24, 2.45) is 5.92 Å². The fraction of sp³-hybridized carbons (Fsp3) is 1.00. The van der Waals surface area contributed by atoms with E-state index in [1.54, 1.807) is 0 Å². The molecule has 0 atom stereocenters. The van der Waals surface area contributed by atoms with Gasteiger partial charge in [-0.05, 0) is 5.92 Å². The highest BCUT2D eigenvalue weighted by Crippen LogP contribution is 2.23. The third kappa shape index (κ3) is 6.13. The molecule has 0 nitrogen and oxygen atoms in total. The Labute approximate surface area is 54.9 Å². The fourth-order valence-electron chi connectivity index (χ4n) is 0.880. The van der Waals surface area contributed by atoms with E-state index < -0.39 is 5.21 Å². The Hall–Kier alpha value is 0.130. The molecule has 0 saturated heterocycles. The summed E-state index contributed by atoms with van der Waals surface area (Å²) in [5, 5.41) is -0.478. The second kappa shape index (κ2) is 2.61. The van der Waals surface area contributed by atoms with Crippen LogP contribution in [0.25, 0.3) is 0 Å². The molecule has 0 fully saturated rings. The molecule has 0 saturated carbocycles. The van der Waals surface area contributed by atoms with Crippen molar-refractivity contribution in [1.82, 2.24) is 0 Å². The minimum Gasteiger partial charge on any atom is -0.101 e. The summed E-state index contributed by atoms with van der Waals surface area (Å²) >= 11 is 0. The summed E-state index contributed by atoms with van der Waals surface area (Å²) in [7, 11) is 11.0. The summed E-state index contributed by atoms with van der Waals surface area (Å²) in [6.07, 6.45) is 0.882. The Bertz CT molecular complexity index is 61.4. The number of rotatable bonds is 2. The van der Waals surface area contributed by atoms with E-state index in [4.69, 9.17) is 15.7 Å². The van der Waals surface area contributed by atoms with Gasteiger partial charge in [0, 0.05) is 0 Å². The van der Waals surface area contributed by atoms with Crippen LogP contribution in [0.15, 0.2) is 0 Å². The molecule has 0 aliphatic rings. The normalized spacial score (nSPS) is 12.5. The molecule has 0 bridgehead atoms. The molecule has 0 heterocycles. The maximum atomic E-state index is 5.51. The van der Waals surface area contributed by atoms with Crippen LogP contribution in [0, 0.1) is 5.92 Å². The lowest BCUT2D eigenvalue weighted by Gasteiger charge is -2.20. The van der Waals surface area contributed by atoms with Crippen LogP contribution in [0.2, 0.25) is 5.21 Å². The fourth-order valence-corrected chi connectivity index (χ4v) is 0.880. The zero-order valence-corrected chi connectivity index (χ0v) is 5.94. The van der Waals surface area contributed by atoms with Crippen molar-refractivity contribution in [3.63, 3.8) is 0 Å².